The molecule has 30 heavy (non-hydrogen) atoms. The molecule has 2 saturated heterocycles. The van der Waals surface area contributed by atoms with Crippen molar-refractivity contribution < 1.29 is 4.79 Å². The third kappa shape index (κ3) is 4.19. The van der Waals surface area contributed by atoms with Crippen LogP contribution in [0.4, 0.5) is 5.82 Å². The van der Waals surface area contributed by atoms with Crippen molar-refractivity contribution in [1.29, 1.82) is 5.26 Å². The van der Waals surface area contributed by atoms with Crippen LogP contribution in [0.15, 0.2) is 9.70 Å². The van der Waals surface area contributed by atoms with Gasteiger partial charge >= 0.3 is 0 Å². The summed E-state index contributed by atoms with van der Waals surface area (Å²) < 4.78 is 2.31. The highest BCUT2D eigenvalue weighted by Gasteiger charge is 2.33. The maximum atomic E-state index is 13.1. The van der Waals surface area contributed by atoms with Gasteiger partial charge in [0.2, 0.25) is 0 Å². The number of nitrogens with zero attached hydrogens (tertiary/aromatic N) is 4. The lowest BCUT2D eigenvalue weighted by Crippen LogP contribution is -2.33. The van der Waals surface area contributed by atoms with Crippen molar-refractivity contribution in [1.82, 2.24) is 9.47 Å². The molecule has 2 fully saturated rings. The van der Waals surface area contributed by atoms with Crippen molar-refractivity contribution in [2.75, 3.05) is 24.5 Å². The zero-order valence-electron chi connectivity index (χ0n) is 17.9. The summed E-state index contributed by atoms with van der Waals surface area (Å²) in [5, 5.41) is 9.70. The highest BCUT2D eigenvalue weighted by atomic mass is 32.2. The van der Waals surface area contributed by atoms with E-state index in [9.17, 15) is 14.9 Å². The Kier molecular flexibility index (Phi) is 7.37. The van der Waals surface area contributed by atoms with Crippen LogP contribution in [0.5, 0.6) is 0 Å². The van der Waals surface area contributed by atoms with Gasteiger partial charge < -0.3 is 4.90 Å². The van der Waals surface area contributed by atoms with Gasteiger partial charge in [0.15, 0.2) is 0 Å². The van der Waals surface area contributed by atoms with Gasteiger partial charge in [-0.15, -0.1) is 0 Å². The molecule has 0 saturated carbocycles. The number of unbranched alkanes of at least 4 members (excludes halogenated alkanes) is 1. The predicted molar refractivity (Wildman–Crippen MR) is 127 cm³/mol. The molecule has 0 aliphatic carbocycles. The number of thiocarbonyl (C=S) groups is 1. The molecule has 0 N–H and O–H groups in total. The van der Waals surface area contributed by atoms with Crippen molar-refractivity contribution in [3.8, 4) is 6.07 Å². The smallest absolute Gasteiger partial charge is 0.270 e. The fraction of sp³-hybridized carbons (Fsp3) is 0.545. The van der Waals surface area contributed by atoms with Crippen molar-refractivity contribution >= 4 is 46.1 Å². The fourth-order valence-electron chi connectivity index (χ4n) is 3.98. The summed E-state index contributed by atoms with van der Waals surface area (Å²) in [4.78, 5) is 30.5. The number of rotatable bonds is 7. The summed E-state index contributed by atoms with van der Waals surface area (Å²) >= 11 is 6.71. The number of anilines is 1. The first kappa shape index (κ1) is 22.6. The van der Waals surface area contributed by atoms with Crippen LogP contribution in [0.3, 0.4) is 0 Å². The molecule has 1 aromatic rings. The minimum Gasteiger partial charge on any atom is -0.357 e. The van der Waals surface area contributed by atoms with Gasteiger partial charge in [-0.3, -0.25) is 19.1 Å². The first-order chi connectivity index (χ1) is 14.4. The second-order valence-electron chi connectivity index (χ2n) is 7.69. The van der Waals surface area contributed by atoms with Crippen LogP contribution in [0.2, 0.25) is 0 Å². The highest BCUT2D eigenvalue weighted by molar-refractivity contribution is 8.26. The van der Waals surface area contributed by atoms with E-state index in [4.69, 9.17) is 12.2 Å². The third-order valence-corrected chi connectivity index (χ3v) is 6.96. The number of amides is 1. The second-order valence-corrected chi connectivity index (χ2v) is 9.36. The molecule has 160 valence electrons. The predicted octanol–water partition coefficient (Wildman–Crippen LogP) is 4.04. The molecule has 0 spiro atoms. The van der Waals surface area contributed by atoms with Gasteiger partial charge in [-0.25, -0.2) is 0 Å². The molecule has 0 atom stereocenters. The van der Waals surface area contributed by atoms with Crippen LogP contribution in [-0.2, 0) is 11.3 Å². The second kappa shape index (κ2) is 9.80. The first-order valence-electron chi connectivity index (χ1n) is 10.6. The monoisotopic (exact) mass is 444 g/mol. The fourth-order valence-corrected chi connectivity index (χ4v) is 5.28. The third-order valence-electron chi connectivity index (χ3n) is 5.58. The quantitative estimate of drug-likeness (QED) is 0.467. The standard InChI is InChI=1S/C22H28N4O2S2/c1-4-6-12-25-19(24-10-7-8-11-24)16(15(3)17(14-23)20(25)27)13-18-21(28)26(9-5-2)22(29)30-18/h13H,4-12H2,1-3H3. The molecule has 2 aliphatic heterocycles. The Labute approximate surface area is 187 Å². The summed E-state index contributed by atoms with van der Waals surface area (Å²) in [5.41, 5.74) is 1.35. The molecular weight excluding hydrogens is 416 g/mol. The average Bonchev–Trinajstić information content (AvgIpc) is 3.34. The van der Waals surface area contributed by atoms with Crippen LogP contribution >= 0.6 is 24.0 Å². The van der Waals surface area contributed by atoms with Gasteiger partial charge in [0.05, 0.1) is 4.91 Å². The van der Waals surface area contributed by atoms with E-state index in [1.165, 1.54) is 11.8 Å². The molecule has 1 aromatic heterocycles. The van der Waals surface area contributed by atoms with Gasteiger partial charge in [0.1, 0.15) is 21.8 Å². The Hall–Kier alpha value is -2.11. The van der Waals surface area contributed by atoms with Crippen molar-refractivity contribution in [2.24, 2.45) is 0 Å². The Bertz CT molecular complexity index is 984. The van der Waals surface area contributed by atoms with E-state index in [-0.39, 0.29) is 17.0 Å². The van der Waals surface area contributed by atoms with Gasteiger partial charge in [-0.2, -0.15) is 5.26 Å². The Morgan fingerprint density at radius 1 is 1.17 bits per heavy atom. The SMILES string of the molecule is CCCCn1c(N2CCCC2)c(C=C2SC(=S)N(CCC)C2=O)c(C)c(C#N)c1=O. The van der Waals surface area contributed by atoms with Gasteiger partial charge in [0.25, 0.3) is 11.5 Å². The number of carbonyl (C=O) groups is 1. The van der Waals surface area contributed by atoms with Gasteiger partial charge in [0, 0.05) is 31.7 Å². The highest BCUT2D eigenvalue weighted by Crippen LogP contribution is 2.36. The van der Waals surface area contributed by atoms with E-state index in [1.54, 1.807) is 9.47 Å². The number of aromatic nitrogens is 1. The van der Waals surface area contributed by atoms with Crippen LogP contribution in [0, 0.1) is 18.3 Å². The van der Waals surface area contributed by atoms with Crippen molar-refractivity contribution in [3.63, 3.8) is 0 Å². The number of pyridine rings is 1. The molecule has 1 amide bonds. The minimum atomic E-state index is -0.235. The minimum absolute atomic E-state index is 0.0940. The summed E-state index contributed by atoms with van der Waals surface area (Å²) in [6.45, 7) is 8.80. The average molecular weight is 445 g/mol. The molecule has 6 nitrogen and oxygen atoms in total. The molecule has 0 bridgehead atoms. The largest absolute Gasteiger partial charge is 0.357 e. The van der Waals surface area contributed by atoms with E-state index < -0.39 is 0 Å². The zero-order valence-corrected chi connectivity index (χ0v) is 19.5. The van der Waals surface area contributed by atoms with Crippen LogP contribution in [-0.4, -0.2) is 39.3 Å². The molecule has 8 heteroatoms. The maximum absolute atomic E-state index is 13.1. The number of carbonyl (C=O) groups excluding carboxylic acids is 1. The van der Waals surface area contributed by atoms with E-state index in [0.29, 0.717) is 27.9 Å². The van der Waals surface area contributed by atoms with Crippen LogP contribution in [0.25, 0.3) is 6.08 Å². The first-order valence-corrected chi connectivity index (χ1v) is 11.8. The summed E-state index contributed by atoms with van der Waals surface area (Å²) in [7, 11) is 0. The molecule has 3 heterocycles. The molecule has 2 aliphatic rings. The number of thioether (sulfide) groups is 1. The zero-order chi connectivity index (χ0) is 21.8. The number of hydrogen-bond acceptors (Lipinski definition) is 6. The lowest BCUT2D eigenvalue weighted by molar-refractivity contribution is -0.122. The van der Waals surface area contributed by atoms with E-state index in [0.717, 1.165) is 56.6 Å². The molecule has 0 aromatic carbocycles. The molecule has 0 radical (unpaired) electrons. The molecule has 3 rings (SSSR count). The summed E-state index contributed by atoms with van der Waals surface area (Å²) in [6, 6.07) is 2.10. The number of hydrogen-bond donors (Lipinski definition) is 0. The van der Waals surface area contributed by atoms with Crippen molar-refractivity contribution in [2.45, 2.75) is 59.4 Å². The topological polar surface area (TPSA) is 69.3 Å². The maximum Gasteiger partial charge on any atom is 0.270 e. The summed E-state index contributed by atoms with van der Waals surface area (Å²) in [5.74, 6) is 0.742. The lowest BCUT2D eigenvalue weighted by atomic mass is 10.0. The van der Waals surface area contributed by atoms with E-state index >= 15 is 0 Å². The van der Waals surface area contributed by atoms with E-state index in [2.05, 4.69) is 17.9 Å². The van der Waals surface area contributed by atoms with Crippen LogP contribution < -0.4 is 10.5 Å². The lowest BCUT2D eigenvalue weighted by Gasteiger charge is -2.27. The normalized spacial score (nSPS) is 18.0. The van der Waals surface area contributed by atoms with Gasteiger partial charge in [-0.05, 0) is 44.2 Å². The Morgan fingerprint density at radius 3 is 2.47 bits per heavy atom. The van der Waals surface area contributed by atoms with E-state index in [1.807, 2.05) is 19.9 Å². The molecule has 0 unspecified atom stereocenters. The van der Waals surface area contributed by atoms with Gasteiger partial charge in [-0.1, -0.05) is 44.2 Å². The van der Waals surface area contributed by atoms with Crippen LogP contribution in [0.1, 0.15) is 62.6 Å². The number of nitriles is 1. The van der Waals surface area contributed by atoms with Crippen molar-refractivity contribution in [3.05, 3.63) is 31.9 Å². The Morgan fingerprint density at radius 2 is 1.87 bits per heavy atom. The Balaban J connectivity index is 2.22. The molecular formula is C22H28N4O2S2. The summed E-state index contributed by atoms with van der Waals surface area (Å²) in [6.07, 6.45) is 6.62.